The van der Waals surface area contributed by atoms with Gasteiger partial charge >= 0.3 is 0 Å². The number of pyridine rings is 1. The average molecular weight is 283 g/mol. The highest BCUT2D eigenvalue weighted by atomic mass is 15.1. The van der Waals surface area contributed by atoms with Crippen LogP contribution in [0.4, 0.5) is 5.82 Å². The maximum Gasteiger partial charge on any atom is 0.126 e. The van der Waals surface area contributed by atoms with Gasteiger partial charge in [-0.05, 0) is 29.5 Å². The molecular weight excluding hydrogens is 258 g/mol. The Kier molecular flexibility index (Phi) is 4.33. The zero-order valence-corrected chi connectivity index (χ0v) is 13.4. The summed E-state index contributed by atoms with van der Waals surface area (Å²) in [6.07, 6.45) is 1.93. The van der Waals surface area contributed by atoms with E-state index in [-0.39, 0.29) is 11.0 Å². The van der Waals surface area contributed by atoms with Crippen LogP contribution in [0.1, 0.15) is 38.8 Å². The fourth-order valence-corrected chi connectivity index (χ4v) is 2.24. The lowest BCUT2D eigenvalue weighted by Gasteiger charge is -2.31. The summed E-state index contributed by atoms with van der Waals surface area (Å²) in [5.74, 6) is 0.847. The number of hydrogen-bond donors (Lipinski definition) is 2. The Labute approximate surface area is 127 Å². The predicted molar refractivity (Wildman–Crippen MR) is 89.4 cm³/mol. The highest BCUT2D eigenvalue weighted by molar-refractivity contribution is 5.43. The molecule has 2 rings (SSSR count). The third kappa shape index (κ3) is 3.61. The third-order valence-electron chi connectivity index (χ3n) is 3.85. The van der Waals surface area contributed by atoms with E-state index in [2.05, 4.69) is 56.2 Å². The van der Waals surface area contributed by atoms with Crippen molar-refractivity contribution in [3.63, 3.8) is 0 Å². The minimum atomic E-state index is -0.322. The van der Waals surface area contributed by atoms with Crippen LogP contribution >= 0.6 is 0 Å². The van der Waals surface area contributed by atoms with Crippen molar-refractivity contribution in [1.29, 1.82) is 0 Å². The number of nitrogens with zero attached hydrogens (tertiary/aromatic N) is 1. The molecule has 2 aromatic rings. The minimum absolute atomic E-state index is 0.113. The molecule has 1 unspecified atom stereocenters. The van der Waals surface area contributed by atoms with Gasteiger partial charge < -0.3 is 11.1 Å². The lowest BCUT2D eigenvalue weighted by atomic mass is 9.88. The van der Waals surface area contributed by atoms with Crippen molar-refractivity contribution in [3.05, 3.63) is 59.8 Å². The zero-order valence-electron chi connectivity index (χ0n) is 13.4. The monoisotopic (exact) mass is 283 g/mol. The first-order chi connectivity index (χ1) is 9.85. The van der Waals surface area contributed by atoms with Gasteiger partial charge in [0.25, 0.3) is 0 Å². The highest BCUT2D eigenvalue weighted by Crippen LogP contribution is 2.26. The van der Waals surface area contributed by atoms with Crippen LogP contribution in [0, 0.1) is 0 Å². The summed E-state index contributed by atoms with van der Waals surface area (Å²) >= 11 is 0. The van der Waals surface area contributed by atoms with Gasteiger partial charge in [0.05, 0.1) is 5.54 Å². The summed E-state index contributed by atoms with van der Waals surface area (Å²) in [6, 6.07) is 14.4. The molecule has 0 aliphatic carbocycles. The molecule has 21 heavy (non-hydrogen) atoms. The molecule has 1 aromatic heterocycles. The summed E-state index contributed by atoms with van der Waals surface area (Å²) < 4.78 is 0. The zero-order chi connectivity index (χ0) is 15.5. The van der Waals surface area contributed by atoms with Crippen LogP contribution in [0.5, 0.6) is 0 Å². The lowest BCUT2D eigenvalue weighted by molar-refractivity contribution is 0.552. The lowest BCUT2D eigenvalue weighted by Crippen LogP contribution is -2.40. The number of anilines is 1. The predicted octanol–water partition coefficient (Wildman–Crippen LogP) is 3.67. The number of nitrogens with one attached hydrogen (secondary N) is 1. The Morgan fingerprint density at radius 2 is 1.62 bits per heavy atom. The number of hydrogen-bond acceptors (Lipinski definition) is 3. The van der Waals surface area contributed by atoms with Crippen molar-refractivity contribution >= 4 is 5.82 Å². The van der Waals surface area contributed by atoms with Gasteiger partial charge in [0.2, 0.25) is 0 Å². The summed E-state index contributed by atoms with van der Waals surface area (Å²) in [7, 11) is 0. The molecule has 112 valence electrons. The van der Waals surface area contributed by atoms with Gasteiger partial charge in [-0.1, -0.05) is 57.2 Å². The number of rotatable bonds is 4. The van der Waals surface area contributed by atoms with E-state index in [1.165, 1.54) is 5.56 Å². The third-order valence-corrected chi connectivity index (χ3v) is 3.85. The molecule has 0 bridgehead atoms. The minimum Gasteiger partial charge on any atom is -0.360 e. The van der Waals surface area contributed by atoms with E-state index in [1.54, 1.807) is 0 Å². The van der Waals surface area contributed by atoms with Gasteiger partial charge in [0.1, 0.15) is 5.82 Å². The van der Waals surface area contributed by atoms with Crippen LogP contribution in [0.25, 0.3) is 0 Å². The molecule has 1 heterocycles. The number of benzene rings is 1. The van der Waals surface area contributed by atoms with E-state index in [1.807, 2.05) is 30.5 Å². The first-order valence-electron chi connectivity index (χ1n) is 7.35. The van der Waals surface area contributed by atoms with Gasteiger partial charge in [0.15, 0.2) is 0 Å². The Bertz CT molecular complexity index is 570. The molecule has 0 amide bonds. The number of nitrogens with two attached hydrogens (primary N) is 1. The second-order valence-electron chi connectivity index (χ2n) is 6.71. The van der Waals surface area contributed by atoms with Crippen molar-refractivity contribution in [2.75, 3.05) is 11.9 Å². The normalized spacial score (nSPS) is 14.5. The molecule has 3 heteroatoms. The molecule has 1 atom stereocenters. The quantitative estimate of drug-likeness (QED) is 0.900. The molecule has 0 aliphatic rings. The fourth-order valence-electron chi connectivity index (χ4n) is 2.24. The molecule has 0 saturated heterocycles. The van der Waals surface area contributed by atoms with Crippen LogP contribution in [-0.2, 0) is 11.0 Å². The second kappa shape index (κ2) is 5.86. The van der Waals surface area contributed by atoms with Gasteiger partial charge in [-0.2, -0.15) is 0 Å². The first kappa shape index (κ1) is 15.5. The molecule has 0 saturated carbocycles. The van der Waals surface area contributed by atoms with Gasteiger partial charge in [0, 0.05) is 12.7 Å². The van der Waals surface area contributed by atoms with Crippen molar-refractivity contribution in [3.8, 4) is 0 Å². The Morgan fingerprint density at radius 1 is 0.952 bits per heavy atom. The largest absolute Gasteiger partial charge is 0.360 e. The Balaban J connectivity index is 2.23. The maximum atomic E-state index is 6.00. The van der Waals surface area contributed by atoms with E-state index in [4.69, 9.17) is 5.73 Å². The summed E-state index contributed by atoms with van der Waals surface area (Å²) in [6.45, 7) is 9.16. The molecular formula is C18H25N3. The van der Waals surface area contributed by atoms with Crippen molar-refractivity contribution in [1.82, 2.24) is 4.98 Å². The molecule has 0 aliphatic heterocycles. The van der Waals surface area contributed by atoms with E-state index >= 15 is 0 Å². The van der Waals surface area contributed by atoms with E-state index < -0.39 is 0 Å². The summed E-state index contributed by atoms with van der Waals surface area (Å²) in [5.41, 5.74) is 8.17. The van der Waals surface area contributed by atoms with E-state index in [0.29, 0.717) is 6.54 Å². The molecule has 1 aromatic carbocycles. The van der Waals surface area contributed by atoms with E-state index in [0.717, 1.165) is 11.4 Å². The Hall–Kier alpha value is -1.87. The second-order valence-corrected chi connectivity index (χ2v) is 6.71. The molecule has 0 radical (unpaired) electrons. The average Bonchev–Trinajstić information content (AvgIpc) is 2.47. The van der Waals surface area contributed by atoms with Crippen molar-refractivity contribution in [2.45, 2.75) is 38.6 Å². The van der Waals surface area contributed by atoms with Gasteiger partial charge in [-0.15, -0.1) is 0 Å². The maximum absolute atomic E-state index is 6.00. The smallest absolute Gasteiger partial charge is 0.126 e. The van der Waals surface area contributed by atoms with Crippen LogP contribution in [-0.4, -0.2) is 11.5 Å². The topological polar surface area (TPSA) is 50.9 Å². The van der Waals surface area contributed by atoms with Gasteiger partial charge in [-0.25, -0.2) is 4.98 Å². The molecule has 3 N–H and O–H groups in total. The van der Waals surface area contributed by atoms with Crippen LogP contribution in [0.3, 0.4) is 0 Å². The van der Waals surface area contributed by atoms with E-state index in [9.17, 15) is 0 Å². The standard InChI is InChI=1S/C18H25N3/c1-17(2,3)15-10-11-16(20-12-15)21-18(4,13-19)14-8-6-5-7-9-14/h5-12H,13,19H2,1-4H3,(H,20,21). The SMILES string of the molecule is CC(C)(C)c1ccc(NC(C)(CN)c2ccccc2)nc1. The highest BCUT2D eigenvalue weighted by Gasteiger charge is 2.25. The number of aromatic nitrogens is 1. The first-order valence-corrected chi connectivity index (χ1v) is 7.35. The molecule has 3 nitrogen and oxygen atoms in total. The van der Waals surface area contributed by atoms with Crippen molar-refractivity contribution < 1.29 is 0 Å². The van der Waals surface area contributed by atoms with Crippen molar-refractivity contribution in [2.24, 2.45) is 5.73 Å². The summed E-state index contributed by atoms with van der Waals surface area (Å²) in [5, 5.41) is 3.46. The molecule has 0 spiro atoms. The van der Waals surface area contributed by atoms with Gasteiger partial charge in [-0.3, -0.25) is 0 Å². The molecule has 0 fully saturated rings. The summed E-state index contributed by atoms with van der Waals surface area (Å²) in [4.78, 5) is 4.54. The van der Waals surface area contributed by atoms with Crippen LogP contribution in [0.2, 0.25) is 0 Å². The van der Waals surface area contributed by atoms with Crippen LogP contribution in [0.15, 0.2) is 48.7 Å². The van der Waals surface area contributed by atoms with Crippen LogP contribution < -0.4 is 11.1 Å². The fraction of sp³-hybridized carbons (Fsp3) is 0.389. The Morgan fingerprint density at radius 3 is 2.10 bits per heavy atom.